The number of sulfonamides is 1. The summed E-state index contributed by atoms with van der Waals surface area (Å²) in [6.07, 6.45) is 1.57. The molecule has 2 N–H and O–H groups in total. The Morgan fingerprint density at radius 1 is 1.03 bits per heavy atom. The first-order valence-corrected chi connectivity index (χ1v) is 11.2. The molecule has 0 atom stereocenters. The first-order valence-electron chi connectivity index (χ1n) is 8.84. The number of thiophene rings is 1. The molecular weight excluding hydrogens is 406 g/mol. The average molecular weight is 428 g/mol. The molecule has 0 aliphatic rings. The summed E-state index contributed by atoms with van der Waals surface area (Å²) in [4.78, 5) is 13.3. The lowest BCUT2D eigenvalue weighted by atomic mass is 10.1. The Hall–Kier alpha value is -2.97. The van der Waals surface area contributed by atoms with E-state index in [1.807, 2.05) is 44.4 Å². The highest BCUT2D eigenvalue weighted by atomic mass is 32.2. The first-order chi connectivity index (χ1) is 13.8. The number of carbonyl (C=O) groups is 1. The van der Waals surface area contributed by atoms with E-state index < -0.39 is 15.9 Å². The normalized spacial score (nSPS) is 11.6. The van der Waals surface area contributed by atoms with Gasteiger partial charge in [0.2, 0.25) is 0 Å². The molecule has 0 saturated heterocycles. The number of hydrazone groups is 1. The highest BCUT2D eigenvalue weighted by Crippen LogP contribution is 2.21. The summed E-state index contributed by atoms with van der Waals surface area (Å²) in [6, 6.07) is 13.3. The van der Waals surface area contributed by atoms with Gasteiger partial charge in [-0.2, -0.15) is 5.10 Å². The minimum absolute atomic E-state index is 0.00297. The van der Waals surface area contributed by atoms with Gasteiger partial charge < -0.3 is 0 Å². The van der Waals surface area contributed by atoms with E-state index in [9.17, 15) is 13.2 Å². The molecule has 0 saturated carbocycles. The average Bonchev–Trinajstić information content (AvgIpc) is 3.09. The van der Waals surface area contributed by atoms with Crippen molar-refractivity contribution in [2.24, 2.45) is 5.10 Å². The maximum absolute atomic E-state index is 12.7. The number of amides is 1. The highest BCUT2D eigenvalue weighted by Gasteiger charge is 2.17. The SMILES string of the molecule is Cc1ccc(NS(=O)(=O)c2cccc(C(=O)N/N=C/c3sccc3C)c2)c(C)c1. The van der Waals surface area contributed by atoms with Crippen LogP contribution in [-0.4, -0.2) is 20.5 Å². The van der Waals surface area contributed by atoms with Crippen LogP contribution in [0, 0.1) is 20.8 Å². The van der Waals surface area contributed by atoms with E-state index in [-0.39, 0.29) is 10.5 Å². The molecule has 0 radical (unpaired) electrons. The molecule has 6 nitrogen and oxygen atoms in total. The second kappa shape index (κ2) is 8.59. The quantitative estimate of drug-likeness (QED) is 0.456. The fraction of sp³-hybridized carbons (Fsp3) is 0.143. The number of rotatable bonds is 6. The molecule has 3 rings (SSSR count). The Labute approximate surface area is 174 Å². The molecule has 0 spiro atoms. The van der Waals surface area contributed by atoms with Crippen molar-refractivity contribution in [3.05, 3.63) is 81.0 Å². The maximum Gasteiger partial charge on any atom is 0.271 e. The summed E-state index contributed by atoms with van der Waals surface area (Å²) in [5.41, 5.74) is 6.07. The van der Waals surface area contributed by atoms with Crippen molar-refractivity contribution in [1.29, 1.82) is 0 Å². The smallest absolute Gasteiger partial charge is 0.271 e. The minimum Gasteiger partial charge on any atom is -0.279 e. The largest absolute Gasteiger partial charge is 0.279 e. The van der Waals surface area contributed by atoms with Crippen LogP contribution in [0.5, 0.6) is 0 Å². The van der Waals surface area contributed by atoms with E-state index in [1.165, 1.54) is 35.6 Å². The van der Waals surface area contributed by atoms with Gasteiger partial charge in [0.1, 0.15) is 0 Å². The Morgan fingerprint density at radius 3 is 2.52 bits per heavy atom. The van der Waals surface area contributed by atoms with Crippen LogP contribution in [0.25, 0.3) is 0 Å². The monoisotopic (exact) mass is 427 g/mol. The van der Waals surface area contributed by atoms with Gasteiger partial charge in [-0.15, -0.1) is 11.3 Å². The van der Waals surface area contributed by atoms with Gasteiger partial charge in [-0.25, -0.2) is 13.8 Å². The number of hydrogen-bond donors (Lipinski definition) is 2. The molecule has 3 aromatic rings. The van der Waals surface area contributed by atoms with Crippen LogP contribution in [0.2, 0.25) is 0 Å². The lowest BCUT2D eigenvalue weighted by Gasteiger charge is -2.12. The number of hydrogen-bond acceptors (Lipinski definition) is 5. The Balaban J connectivity index is 1.76. The number of nitrogens with one attached hydrogen (secondary N) is 2. The van der Waals surface area contributed by atoms with Crippen LogP contribution in [0.1, 0.15) is 31.9 Å². The van der Waals surface area contributed by atoms with E-state index in [1.54, 1.807) is 12.3 Å². The third-order valence-electron chi connectivity index (χ3n) is 4.28. The Bertz CT molecular complexity index is 1180. The van der Waals surface area contributed by atoms with Crippen molar-refractivity contribution >= 4 is 39.2 Å². The molecule has 2 aromatic carbocycles. The second-order valence-corrected chi connectivity index (χ2v) is 9.25. The van der Waals surface area contributed by atoms with E-state index in [2.05, 4.69) is 15.2 Å². The van der Waals surface area contributed by atoms with E-state index in [4.69, 9.17) is 0 Å². The predicted molar refractivity (Wildman–Crippen MR) is 117 cm³/mol. The summed E-state index contributed by atoms with van der Waals surface area (Å²) in [5, 5.41) is 5.89. The molecule has 1 amide bonds. The number of benzene rings is 2. The van der Waals surface area contributed by atoms with Crippen molar-refractivity contribution in [1.82, 2.24) is 5.43 Å². The van der Waals surface area contributed by atoms with Gasteiger partial charge in [0.05, 0.1) is 16.8 Å². The van der Waals surface area contributed by atoms with Crippen molar-refractivity contribution in [2.75, 3.05) is 4.72 Å². The molecule has 1 aromatic heterocycles. The molecule has 8 heteroatoms. The maximum atomic E-state index is 12.7. The van der Waals surface area contributed by atoms with Crippen molar-refractivity contribution in [3.8, 4) is 0 Å². The molecule has 29 heavy (non-hydrogen) atoms. The van der Waals surface area contributed by atoms with Crippen LogP contribution in [0.15, 0.2) is 63.9 Å². The summed E-state index contributed by atoms with van der Waals surface area (Å²) in [5.74, 6) is -0.487. The third-order valence-corrected chi connectivity index (χ3v) is 6.60. The van der Waals surface area contributed by atoms with Crippen LogP contribution in [0.3, 0.4) is 0 Å². The number of carbonyl (C=O) groups excluding carboxylic acids is 1. The fourth-order valence-electron chi connectivity index (χ4n) is 2.67. The van der Waals surface area contributed by atoms with Gasteiger partial charge >= 0.3 is 0 Å². The van der Waals surface area contributed by atoms with Gasteiger partial charge in [0.15, 0.2) is 0 Å². The molecule has 0 unspecified atom stereocenters. The standard InChI is InChI=1S/C21H21N3O3S2/c1-14-7-8-19(16(3)11-14)24-29(26,27)18-6-4-5-17(12-18)21(25)23-22-13-20-15(2)9-10-28-20/h4-13,24H,1-3H3,(H,23,25)/b22-13+. The first kappa shape index (κ1) is 20.8. The predicted octanol–water partition coefficient (Wildman–Crippen LogP) is 4.24. The number of nitrogens with zero attached hydrogens (tertiary/aromatic N) is 1. The van der Waals surface area contributed by atoms with Gasteiger partial charge in [-0.1, -0.05) is 23.8 Å². The number of anilines is 1. The van der Waals surface area contributed by atoms with Crippen LogP contribution < -0.4 is 10.1 Å². The van der Waals surface area contributed by atoms with E-state index in [0.717, 1.165) is 21.6 Å². The summed E-state index contributed by atoms with van der Waals surface area (Å²) in [6.45, 7) is 5.73. The third kappa shape index (κ3) is 5.10. The molecule has 0 bridgehead atoms. The van der Waals surface area contributed by atoms with Crippen molar-refractivity contribution < 1.29 is 13.2 Å². The topological polar surface area (TPSA) is 87.6 Å². The van der Waals surface area contributed by atoms with Crippen LogP contribution >= 0.6 is 11.3 Å². The fourth-order valence-corrected chi connectivity index (χ4v) is 4.63. The lowest BCUT2D eigenvalue weighted by Crippen LogP contribution is -2.19. The molecule has 0 aliphatic heterocycles. The van der Waals surface area contributed by atoms with Crippen molar-refractivity contribution in [2.45, 2.75) is 25.7 Å². The molecule has 0 fully saturated rings. The second-order valence-electron chi connectivity index (χ2n) is 6.62. The van der Waals surface area contributed by atoms with Gasteiger partial charge in [-0.3, -0.25) is 9.52 Å². The summed E-state index contributed by atoms with van der Waals surface area (Å²) < 4.78 is 28.1. The molecule has 0 aliphatic carbocycles. The van der Waals surface area contributed by atoms with Gasteiger partial charge in [-0.05, 0) is 67.6 Å². The molecule has 150 valence electrons. The Morgan fingerprint density at radius 2 is 1.83 bits per heavy atom. The van der Waals surface area contributed by atoms with Crippen molar-refractivity contribution in [3.63, 3.8) is 0 Å². The zero-order valence-electron chi connectivity index (χ0n) is 16.3. The van der Waals surface area contributed by atoms with Gasteiger partial charge in [0, 0.05) is 10.4 Å². The summed E-state index contributed by atoms with van der Waals surface area (Å²) in [7, 11) is -3.83. The summed E-state index contributed by atoms with van der Waals surface area (Å²) >= 11 is 1.52. The van der Waals surface area contributed by atoms with E-state index >= 15 is 0 Å². The molecule has 1 heterocycles. The molecular formula is C21H21N3O3S2. The van der Waals surface area contributed by atoms with E-state index in [0.29, 0.717) is 5.69 Å². The highest BCUT2D eigenvalue weighted by molar-refractivity contribution is 7.92. The number of aryl methyl sites for hydroxylation is 3. The lowest BCUT2D eigenvalue weighted by molar-refractivity contribution is 0.0955. The Kier molecular flexibility index (Phi) is 6.14. The van der Waals surface area contributed by atoms with Gasteiger partial charge in [0.25, 0.3) is 15.9 Å². The van der Waals surface area contributed by atoms with Crippen LogP contribution in [-0.2, 0) is 10.0 Å². The minimum atomic E-state index is -3.83. The zero-order chi connectivity index (χ0) is 21.0. The van der Waals surface area contributed by atoms with Crippen LogP contribution in [0.4, 0.5) is 5.69 Å². The zero-order valence-corrected chi connectivity index (χ0v) is 17.9.